The molecule has 1 aliphatic heterocycles. The van der Waals surface area contributed by atoms with Crippen LogP contribution in [0, 0.1) is 11.5 Å². The van der Waals surface area contributed by atoms with E-state index >= 15 is 0 Å². The molecule has 0 N–H and O–H groups in total. The smallest absolute Gasteiger partial charge is 0.180 e. The van der Waals surface area contributed by atoms with Crippen molar-refractivity contribution in [2.45, 2.75) is 12.5 Å². The van der Waals surface area contributed by atoms with Gasteiger partial charge in [-0.15, -0.1) is 0 Å². The van der Waals surface area contributed by atoms with E-state index in [0.717, 1.165) is 22.4 Å². The van der Waals surface area contributed by atoms with E-state index in [1.807, 2.05) is 30.3 Å². The minimum Gasteiger partial charge on any atom is -0.497 e. The Morgan fingerprint density at radius 1 is 0.962 bits per heavy atom. The summed E-state index contributed by atoms with van der Waals surface area (Å²) < 4.78 is 21.8. The van der Waals surface area contributed by atoms with Crippen LogP contribution in [0.5, 0.6) is 23.0 Å². The Bertz CT molecular complexity index is 822. The first kappa shape index (κ1) is 17.7. The van der Waals surface area contributed by atoms with Crippen molar-refractivity contribution in [3.8, 4) is 29.2 Å². The Balaban J connectivity index is 2.20. The minimum absolute atomic E-state index is 0.243. The van der Waals surface area contributed by atoms with Crippen molar-refractivity contribution >= 4 is 0 Å². The summed E-state index contributed by atoms with van der Waals surface area (Å²) in [4.78, 5) is 1.77. The van der Waals surface area contributed by atoms with E-state index in [-0.39, 0.29) is 6.04 Å². The molecule has 3 rings (SSSR count). The van der Waals surface area contributed by atoms with Gasteiger partial charge in [0.15, 0.2) is 17.7 Å². The number of nitrogens with zero attached hydrogens (tertiary/aromatic N) is 2. The SMILES string of the molecule is COc1cc(OC)cc(C2c3ccc(OC)c(OC)c3CCN2C#N)c1. The molecule has 0 saturated heterocycles. The summed E-state index contributed by atoms with van der Waals surface area (Å²) in [7, 11) is 6.49. The highest BCUT2D eigenvalue weighted by Crippen LogP contribution is 2.43. The number of fused-ring (bicyclic) bond motifs is 1. The maximum atomic E-state index is 9.69. The standard InChI is InChI=1S/C20H22N2O4/c1-23-14-9-13(10-15(11-14)24-2)19-16-5-6-18(25-3)20(26-4)17(16)7-8-22(19)12-21/h5-6,9-11,19H,7-8H2,1-4H3. The third kappa shape index (κ3) is 2.97. The number of hydrogen-bond donors (Lipinski definition) is 0. The van der Waals surface area contributed by atoms with Crippen molar-refractivity contribution < 1.29 is 18.9 Å². The molecule has 0 saturated carbocycles. The summed E-state index contributed by atoms with van der Waals surface area (Å²) in [5.74, 6) is 2.79. The van der Waals surface area contributed by atoms with Gasteiger partial charge in [0, 0.05) is 18.2 Å². The zero-order valence-corrected chi connectivity index (χ0v) is 15.4. The van der Waals surface area contributed by atoms with Crippen molar-refractivity contribution in [3.05, 3.63) is 47.0 Å². The van der Waals surface area contributed by atoms with Crippen LogP contribution in [0.15, 0.2) is 30.3 Å². The first-order valence-corrected chi connectivity index (χ1v) is 8.29. The van der Waals surface area contributed by atoms with Gasteiger partial charge in [-0.3, -0.25) is 4.90 Å². The molecule has 136 valence electrons. The van der Waals surface area contributed by atoms with Crippen LogP contribution in [0.4, 0.5) is 0 Å². The van der Waals surface area contributed by atoms with E-state index in [0.29, 0.717) is 30.2 Å². The Kier molecular flexibility index (Phi) is 5.08. The predicted molar refractivity (Wildman–Crippen MR) is 97.0 cm³/mol. The molecule has 0 aromatic heterocycles. The topological polar surface area (TPSA) is 64.0 Å². The van der Waals surface area contributed by atoms with Crippen molar-refractivity contribution in [3.63, 3.8) is 0 Å². The summed E-state index contributed by atoms with van der Waals surface area (Å²) in [5.41, 5.74) is 3.01. The highest BCUT2D eigenvalue weighted by atomic mass is 16.5. The van der Waals surface area contributed by atoms with Crippen LogP contribution in [0.2, 0.25) is 0 Å². The van der Waals surface area contributed by atoms with E-state index in [9.17, 15) is 5.26 Å². The Morgan fingerprint density at radius 3 is 2.19 bits per heavy atom. The number of nitriles is 1. The summed E-state index contributed by atoms with van der Waals surface area (Å²) >= 11 is 0. The fourth-order valence-corrected chi connectivity index (χ4v) is 3.50. The zero-order chi connectivity index (χ0) is 18.7. The monoisotopic (exact) mass is 354 g/mol. The zero-order valence-electron chi connectivity index (χ0n) is 15.4. The Hall–Kier alpha value is -3.07. The summed E-state index contributed by atoms with van der Waals surface area (Å²) in [6, 6.07) is 9.32. The molecular weight excluding hydrogens is 332 g/mol. The van der Waals surface area contributed by atoms with Gasteiger partial charge in [0.25, 0.3) is 0 Å². The van der Waals surface area contributed by atoms with Gasteiger partial charge in [0.2, 0.25) is 0 Å². The molecule has 1 atom stereocenters. The fraction of sp³-hybridized carbons (Fsp3) is 0.350. The number of hydrogen-bond acceptors (Lipinski definition) is 6. The van der Waals surface area contributed by atoms with Gasteiger partial charge >= 0.3 is 0 Å². The van der Waals surface area contributed by atoms with Gasteiger partial charge in [-0.25, -0.2) is 0 Å². The molecule has 0 fully saturated rings. The average molecular weight is 354 g/mol. The second kappa shape index (κ2) is 7.44. The third-order valence-corrected chi connectivity index (χ3v) is 4.71. The van der Waals surface area contributed by atoms with E-state index in [1.165, 1.54) is 0 Å². The average Bonchev–Trinajstić information content (AvgIpc) is 2.71. The van der Waals surface area contributed by atoms with Gasteiger partial charge in [0.1, 0.15) is 11.5 Å². The summed E-state index contributed by atoms with van der Waals surface area (Å²) in [6.45, 7) is 0.594. The van der Waals surface area contributed by atoms with E-state index < -0.39 is 0 Å². The Morgan fingerprint density at radius 2 is 1.65 bits per heavy atom. The molecule has 26 heavy (non-hydrogen) atoms. The third-order valence-electron chi connectivity index (χ3n) is 4.71. The van der Waals surface area contributed by atoms with Gasteiger partial charge in [-0.05, 0) is 35.7 Å². The highest BCUT2D eigenvalue weighted by Gasteiger charge is 2.32. The van der Waals surface area contributed by atoms with Gasteiger partial charge in [-0.1, -0.05) is 6.07 Å². The molecule has 1 unspecified atom stereocenters. The molecule has 0 amide bonds. The van der Waals surface area contributed by atoms with Crippen LogP contribution in [0.1, 0.15) is 22.7 Å². The lowest BCUT2D eigenvalue weighted by Gasteiger charge is -2.35. The van der Waals surface area contributed by atoms with Crippen LogP contribution in [0.3, 0.4) is 0 Å². The first-order chi connectivity index (χ1) is 12.7. The quantitative estimate of drug-likeness (QED) is 0.769. The molecule has 6 heteroatoms. The molecule has 0 aliphatic carbocycles. The Labute approximate surface area is 153 Å². The lowest BCUT2D eigenvalue weighted by atomic mass is 9.87. The normalized spacial score (nSPS) is 15.7. The largest absolute Gasteiger partial charge is 0.497 e. The van der Waals surface area contributed by atoms with E-state index in [1.54, 1.807) is 33.3 Å². The van der Waals surface area contributed by atoms with Crippen molar-refractivity contribution in [1.29, 1.82) is 5.26 Å². The summed E-state index contributed by atoms with van der Waals surface area (Å²) in [6.07, 6.45) is 3.02. The van der Waals surface area contributed by atoms with Gasteiger partial charge in [-0.2, -0.15) is 5.26 Å². The van der Waals surface area contributed by atoms with Gasteiger partial charge in [0.05, 0.1) is 34.5 Å². The molecular formula is C20H22N2O4. The second-order valence-electron chi connectivity index (χ2n) is 5.96. The molecule has 1 aliphatic rings. The van der Waals surface area contributed by atoms with E-state index in [4.69, 9.17) is 18.9 Å². The minimum atomic E-state index is -0.243. The highest BCUT2D eigenvalue weighted by molar-refractivity contribution is 5.56. The molecule has 1 heterocycles. The molecule has 2 aromatic rings. The maximum absolute atomic E-state index is 9.69. The molecule has 0 bridgehead atoms. The number of rotatable bonds is 5. The van der Waals surface area contributed by atoms with Crippen LogP contribution in [-0.4, -0.2) is 39.9 Å². The molecule has 0 spiro atoms. The predicted octanol–water partition coefficient (Wildman–Crippen LogP) is 3.15. The fourth-order valence-electron chi connectivity index (χ4n) is 3.50. The first-order valence-electron chi connectivity index (χ1n) is 8.29. The van der Waals surface area contributed by atoms with Gasteiger partial charge < -0.3 is 18.9 Å². The van der Waals surface area contributed by atoms with Crippen LogP contribution >= 0.6 is 0 Å². The van der Waals surface area contributed by atoms with Crippen LogP contribution < -0.4 is 18.9 Å². The van der Waals surface area contributed by atoms with Crippen molar-refractivity contribution in [1.82, 2.24) is 4.90 Å². The molecule has 0 radical (unpaired) electrons. The lowest BCUT2D eigenvalue weighted by molar-refractivity contribution is 0.300. The number of methoxy groups -OCH3 is 4. The number of benzene rings is 2. The van der Waals surface area contributed by atoms with Crippen molar-refractivity contribution in [2.24, 2.45) is 0 Å². The van der Waals surface area contributed by atoms with Crippen LogP contribution in [-0.2, 0) is 6.42 Å². The second-order valence-corrected chi connectivity index (χ2v) is 5.96. The summed E-state index contributed by atoms with van der Waals surface area (Å²) in [5, 5.41) is 9.69. The van der Waals surface area contributed by atoms with Crippen LogP contribution in [0.25, 0.3) is 0 Å². The number of ether oxygens (including phenoxy) is 4. The van der Waals surface area contributed by atoms with Crippen molar-refractivity contribution in [2.75, 3.05) is 35.0 Å². The van der Waals surface area contributed by atoms with E-state index in [2.05, 4.69) is 6.19 Å². The molecule has 6 nitrogen and oxygen atoms in total. The maximum Gasteiger partial charge on any atom is 0.180 e. The lowest BCUT2D eigenvalue weighted by Crippen LogP contribution is -2.32. The molecule has 2 aromatic carbocycles.